The normalized spacial score (nSPS) is 15.3. The highest BCUT2D eigenvalue weighted by atomic mass is 28.4. The molecule has 2 unspecified atom stereocenters. The number of urea groups is 1. The van der Waals surface area contributed by atoms with Crippen LogP contribution in [0.2, 0.25) is 19.6 Å². The van der Waals surface area contributed by atoms with E-state index in [0.29, 0.717) is 19.8 Å². The molecule has 0 saturated heterocycles. The molecule has 2 N–H and O–H groups in total. The number of carbonyl (C=O) groups is 1. The molecule has 0 aliphatic heterocycles. The second kappa shape index (κ2) is 9.66. The zero-order valence-corrected chi connectivity index (χ0v) is 17.4. The van der Waals surface area contributed by atoms with Crippen LogP contribution in [0.4, 0.5) is 4.79 Å². The van der Waals surface area contributed by atoms with Gasteiger partial charge in [0.05, 0.1) is 13.7 Å². The van der Waals surface area contributed by atoms with Gasteiger partial charge >= 0.3 is 14.8 Å². The Balaban J connectivity index is 4.86. The number of hydrogen-bond donors (Lipinski definition) is 2. The second-order valence-corrected chi connectivity index (χ2v) is 14.9. The van der Waals surface area contributed by atoms with Crippen molar-refractivity contribution in [3.8, 4) is 0 Å². The summed E-state index contributed by atoms with van der Waals surface area (Å²) >= 11 is 0. The fraction of sp³-hybridized carbons (Fsp3) is 0.929. The van der Waals surface area contributed by atoms with Crippen molar-refractivity contribution in [3.63, 3.8) is 0 Å². The van der Waals surface area contributed by atoms with Crippen LogP contribution in [0.5, 0.6) is 0 Å². The first-order valence-corrected chi connectivity index (χ1v) is 13.5. The topological polar surface area (TPSA) is 68.8 Å². The maximum absolute atomic E-state index is 12.2. The van der Waals surface area contributed by atoms with E-state index in [9.17, 15) is 4.79 Å². The predicted octanol–water partition coefficient (Wildman–Crippen LogP) is 2.53. The van der Waals surface area contributed by atoms with Gasteiger partial charge in [-0.25, -0.2) is 4.79 Å². The minimum absolute atomic E-state index is 0.182. The average Bonchev–Trinajstić information content (AvgIpc) is 2.37. The fourth-order valence-corrected chi connectivity index (χ4v) is 4.92. The van der Waals surface area contributed by atoms with Crippen molar-refractivity contribution in [2.45, 2.75) is 65.6 Å². The third-order valence-electron chi connectivity index (χ3n) is 3.56. The Morgan fingerprint density at radius 1 is 0.864 bits per heavy atom. The van der Waals surface area contributed by atoms with Crippen molar-refractivity contribution in [2.75, 3.05) is 19.8 Å². The van der Waals surface area contributed by atoms with Gasteiger partial charge in [0.15, 0.2) is 0 Å². The van der Waals surface area contributed by atoms with Crippen molar-refractivity contribution in [2.24, 2.45) is 0 Å². The van der Waals surface area contributed by atoms with E-state index in [1.165, 1.54) is 0 Å². The van der Waals surface area contributed by atoms with Crippen LogP contribution in [-0.4, -0.2) is 54.1 Å². The predicted molar refractivity (Wildman–Crippen MR) is 94.6 cm³/mol. The summed E-state index contributed by atoms with van der Waals surface area (Å²) in [4.78, 5) is 12.2. The van der Waals surface area contributed by atoms with Crippen molar-refractivity contribution < 1.29 is 18.1 Å². The molecule has 0 radical (unpaired) electrons. The van der Waals surface area contributed by atoms with Gasteiger partial charge in [0.25, 0.3) is 0 Å². The molecule has 6 nitrogen and oxygen atoms in total. The molecular formula is C14H34N2O4Si2. The molecule has 0 aromatic heterocycles. The van der Waals surface area contributed by atoms with Crippen molar-refractivity contribution in [1.82, 2.24) is 10.6 Å². The summed E-state index contributed by atoms with van der Waals surface area (Å²) in [5.41, 5.74) is -0.122. The van der Waals surface area contributed by atoms with Crippen molar-refractivity contribution in [3.05, 3.63) is 0 Å². The van der Waals surface area contributed by atoms with E-state index in [4.69, 9.17) is 13.3 Å². The summed E-state index contributed by atoms with van der Waals surface area (Å²) in [6.45, 7) is 17.8. The first-order chi connectivity index (χ1) is 10.1. The van der Waals surface area contributed by atoms with Crippen molar-refractivity contribution >= 4 is 22.9 Å². The Bertz CT molecular complexity index is 320. The summed E-state index contributed by atoms with van der Waals surface area (Å²) in [5, 5.41) is 5.95. The number of rotatable bonds is 10. The Kier molecular flexibility index (Phi) is 9.48. The largest absolute Gasteiger partial charge is 0.524 e. The van der Waals surface area contributed by atoms with E-state index in [1.807, 2.05) is 27.7 Å². The van der Waals surface area contributed by atoms with Gasteiger partial charge in [-0.15, -0.1) is 0 Å². The molecular weight excluding hydrogens is 316 g/mol. The molecule has 2 atom stereocenters. The molecule has 0 aromatic rings. The minimum atomic E-state index is -2.92. The molecule has 0 fully saturated rings. The highest BCUT2D eigenvalue weighted by molar-refractivity contribution is 6.77. The third-order valence-corrected chi connectivity index (χ3v) is 9.58. The minimum Gasteiger partial charge on any atom is -0.373 e. The van der Waals surface area contributed by atoms with Crippen LogP contribution in [0, 0.1) is 0 Å². The van der Waals surface area contributed by atoms with Crippen LogP contribution in [0.25, 0.3) is 0 Å². The average molecular weight is 351 g/mol. The van der Waals surface area contributed by atoms with Crippen LogP contribution in [0.3, 0.4) is 0 Å². The Labute approximate surface area is 137 Å². The summed E-state index contributed by atoms with van der Waals surface area (Å²) in [6.07, 6.45) is 0. The first-order valence-electron chi connectivity index (χ1n) is 8.11. The molecule has 0 aliphatic rings. The fourth-order valence-electron chi connectivity index (χ4n) is 1.84. The lowest BCUT2D eigenvalue weighted by atomic mass is 10.7. The summed E-state index contributed by atoms with van der Waals surface area (Å²) in [5.74, 6) is 0. The first kappa shape index (κ1) is 21.6. The van der Waals surface area contributed by atoms with Crippen LogP contribution >= 0.6 is 0 Å². The van der Waals surface area contributed by atoms with Crippen LogP contribution in [0.1, 0.15) is 34.6 Å². The lowest BCUT2D eigenvalue weighted by Gasteiger charge is -2.34. The Hall–Kier alpha value is -0.416. The van der Waals surface area contributed by atoms with E-state index < -0.39 is 16.9 Å². The zero-order valence-electron chi connectivity index (χ0n) is 15.4. The van der Waals surface area contributed by atoms with Gasteiger partial charge in [0.1, 0.15) is 0 Å². The SMILES string of the molecule is CCO[Si](OCC)(OCC)C(C)NC(=O)NC(C)[Si](C)(C)C. The van der Waals surface area contributed by atoms with Gasteiger partial charge in [-0.3, -0.25) is 0 Å². The van der Waals surface area contributed by atoms with Crippen LogP contribution < -0.4 is 10.6 Å². The summed E-state index contributed by atoms with van der Waals surface area (Å²) in [6, 6.07) is -0.196. The highest BCUT2D eigenvalue weighted by Crippen LogP contribution is 2.15. The van der Waals surface area contributed by atoms with E-state index in [-0.39, 0.29) is 17.4 Å². The molecule has 0 bridgehead atoms. The van der Waals surface area contributed by atoms with Gasteiger partial charge in [-0.1, -0.05) is 19.6 Å². The smallest absolute Gasteiger partial charge is 0.373 e. The molecule has 2 amide bonds. The summed E-state index contributed by atoms with van der Waals surface area (Å²) < 4.78 is 17.4. The molecule has 0 saturated carbocycles. The van der Waals surface area contributed by atoms with Gasteiger partial charge in [-0.2, -0.15) is 0 Å². The standard InChI is InChI=1S/C14H34N2O4Si2/c1-9-18-22(19-10-2,20-11-3)13(5)16-14(17)15-12(4)21(6,7)8/h12-13H,9-11H2,1-8H3,(H2,15,16,17). The van der Waals surface area contributed by atoms with E-state index in [2.05, 4.69) is 37.2 Å². The lowest BCUT2D eigenvalue weighted by Crippen LogP contribution is -2.64. The van der Waals surface area contributed by atoms with Crippen molar-refractivity contribution in [1.29, 1.82) is 0 Å². The van der Waals surface area contributed by atoms with Gasteiger partial charge in [0.2, 0.25) is 0 Å². The zero-order chi connectivity index (χ0) is 17.4. The monoisotopic (exact) mass is 350 g/mol. The van der Waals surface area contributed by atoms with Crippen LogP contribution in [-0.2, 0) is 13.3 Å². The lowest BCUT2D eigenvalue weighted by molar-refractivity contribution is 0.0607. The second-order valence-electron chi connectivity index (χ2n) is 6.33. The van der Waals surface area contributed by atoms with Crippen LogP contribution in [0.15, 0.2) is 0 Å². The number of amides is 2. The highest BCUT2D eigenvalue weighted by Gasteiger charge is 2.48. The van der Waals surface area contributed by atoms with E-state index >= 15 is 0 Å². The molecule has 132 valence electrons. The Morgan fingerprint density at radius 3 is 1.55 bits per heavy atom. The molecule has 22 heavy (non-hydrogen) atoms. The van der Waals surface area contributed by atoms with Gasteiger partial charge < -0.3 is 23.9 Å². The number of carbonyl (C=O) groups excluding carboxylic acids is 1. The molecule has 0 rings (SSSR count). The van der Waals surface area contributed by atoms with Gasteiger partial charge in [0, 0.05) is 25.5 Å². The number of hydrogen-bond acceptors (Lipinski definition) is 4. The quantitative estimate of drug-likeness (QED) is 0.594. The molecule has 0 aromatic carbocycles. The molecule has 0 aliphatic carbocycles. The molecule has 0 heterocycles. The number of nitrogens with one attached hydrogen (secondary N) is 2. The molecule has 0 spiro atoms. The Morgan fingerprint density at radius 2 is 1.23 bits per heavy atom. The third kappa shape index (κ3) is 6.78. The summed E-state index contributed by atoms with van der Waals surface area (Å²) in [7, 11) is -4.34. The maximum Gasteiger partial charge on any atom is 0.524 e. The van der Waals surface area contributed by atoms with Gasteiger partial charge in [-0.05, 0) is 34.6 Å². The van der Waals surface area contributed by atoms with E-state index in [0.717, 1.165) is 0 Å². The maximum atomic E-state index is 12.2. The van der Waals surface area contributed by atoms with E-state index in [1.54, 1.807) is 0 Å². The molecule has 8 heteroatoms.